The van der Waals surface area contributed by atoms with E-state index in [2.05, 4.69) is 0 Å². The van der Waals surface area contributed by atoms with Gasteiger partial charge in [0.25, 0.3) is 10.0 Å². The molecule has 9 heteroatoms. The van der Waals surface area contributed by atoms with Crippen LogP contribution in [0.5, 0.6) is 5.75 Å². The molecule has 0 aliphatic heterocycles. The van der Waals surface area contributed by atoms with Gasteiger partial charge in [-0.15, -0.1) is 0 Å². The van der Waals surface area contributed by atoms with Crippen molar-refractivity contribution in [1.82, 2.24) is 0 Å². The van der Waals surface area contributed by atoms with Gasteiger partial charge in [0.15, 0.2) is 0 Å². The zero-order valence-electron chi connectivity index (χ0n) is 14.0. The molecule has 0 saturated carbocycles. The van der Waals surface area contributed by atoms with Crippen molar-refractivity contribution >= 4 is 43.2 Å². The number of amides is 1. The minimum Gasteiger partial charge on any atom is -0.494 e. The third-order valence-electron chi connectivity index (χ3n) is 3.51. The normalized spacial score (nSPS) is 11.5. The number of ether oxygens (including phenoxy) is 1. The molecule has 0 N–H and O–H groups in total. The highest BCUT2D eigenvalue weighted by Crippen LogP contribution is 2.29. The molecular weight excluding hydrogens is 378 g/mol. The van der Waals surface area contributed by atoms with Gasteiger partial charge in [-0.05, 0) is 49.4 Å². The van der Waals surface area contributed by atoms with Crippen molar-refractivity contribution in [3.63, 3.8) is 0 Å². The number of hydrogen-bond acceptors (Lipinski definition) is 7. The lowest BCUT2D eigenvalue weighted by Crippen LogP contribution is -2.35. The number of benzene rings is 2. The number of carbonyl (C=O) groups excluding carboxylic acids is 1. The molecule has 0 unspecified atom stereocenters. The molecule has 3 aromatic rings. The lowest BCUT2D eigenvalue weighted by atomic mass is 10.3. The molecule has 1 aromatic heterocycles. The van der Waals surface area contributed by atoms with Crippen molar-refractivity contribution in [2.24, 2.45) is 0 Å². The molecule has 3 rings (SSSR count). The molecule has 0 radical (unpaired) electrons. The quantitative estimate of drug-likeness (QED) is 0.661. The van der Waals surface area contributed by atoms with E-state index >= 15 is 0 Å². The van der Waals surface area contributed by atoms with Crippen LogP contribution in [0.25, 0.3) is 10.3 Å². The van der Waals surface area contributed by atoms with E-state index in [-0.39, 0.29) is 10.6 Å². The molecule has 1 amide bonds. The minimum absolute atomic E-state index is 0.0448. The Labute approximate surface area is 153 Å². The Kier molecular flexibility index (Phi) is 4.84. The van der Waals surface area contributed by atoms with Gasteiger partial charge in [-0.3, -0.25) is 4.79 Å². The molecular formula is C17H15NO6S2. The number of sulfonamides is 1. The van der Waals surface area contributed by atoms with Crippen LogP contribution in [-0.4, -0.2) is 20.9 Å². The summed E-state index contributed by atoms with van der Waals surface area (Å²) in [6.45, 7) is 3.44. The van der Waals surface area contributed by atoms with Gasteiger partial charge in [0.1, 0.15) is 11.3 Å². The van der Waals surface area contributed by atoms with Crippen LogP contribution in [0.15, 0.2) is 56.6 Å². The van der Waals surface area contributed by atoms with Gasteiger partial charge in [0, 0.05) is 6.92 Å². The first kappa shape index (κ1) is 18.2. The minimum atomic E-state index is -4.12. The highest BCUT2D eigenvalue weighted by molar-refractivity contribution is 7.93. The number of fused-ring (bicyclic) bond motifs is 1. The van der Waals surface area contributed by atoms with E-state index in [4.69, 9.17) is 9.15 Å². The van der Waals surface area contributed by atoms with Gasteiger partial charge in [0.2, 0.25) is 5.91 Å². The predicted molar refractivity (Wildman–Crippen MR) is 98.3 cm³/mol. The van der Waals surface area contributed by atoms with Gasteiger partial charge in [-0.25, -0.2) is 17.5 Å². The fourth-order valence-electron chi connectivity index (χ4n) is 2.46. The van der Waals surface area contributed by atoms with E-state index in [0.717, 1.165) is 18.3 Å². The SMILES string of the molecule is CCOc1ccc(S(=O)(=O)N(C(C)=O)c2ccc3oc(=O)sc3c2)cc1. The third kappa shape index (κ3) is 3.35. The number of carbonyl (C=O) groups is 1. The summed E-state index contributed by atoms with van der Waals surface area (Å²) in [5.74, 6) is -0.139. The number of rotatable bonds is 5. The smallest absolute Gasteiger partial charge is 0.396 e. The Balaban J connectivity index is 2.07. The Hall–Kier alpha value is -2.65. The summed E-state index contributed by atoms with van der Waals surface area (Å²) >= 11 is 0.838. The second-order valence-corrected chi connectivity index (χ2v) is 8.04. The summed E-state index contributed by atoms with van der Waals surface area (Å²) < 4.78 is 37.4. The average Bonchev–Trinajstić information content (AvgIpc) is 2.94. The summed E-state index contributed by atoms with van der Waals surface area (Å²) in [5.41, 5.74) is 0.474. The van der Waals surface area contributed by atoms with Crippen LogP contribution < -0.4 is 14.0 Å². The lowest BCUT2D eigenvalue weighted by molar-refractivity contribution is -0.115. The van der Waals surface area contributed by atoms with E-state index in [1.165, 1.54) is 42.5 Å². The molecule has 0 aliphatic rings. The maximum absolute atomic E-state index is 13.0. The fraction of sp³-hybridized carbons (Fsp3) is 0.176. The van der Waals surface area contributed by atoms with Crippen LogP contribution in [0.1, 0.15) is 13.8 Å². The molecule has 0 fully saturated rings. The molecule has 2 aromatic carbocycles. The van der Waals surface area contributed by atoms with Crippen LogP contribution in [0.2, 0.25) is 0 Å². The van der Waals surface area contributed by atoms with Gasteiger partial charge < -0.3 is 9.15 Å². The summed E-state index contributed by atoms with van der Waals surface area (Å²) in [6.07, 6.45) is 0. The van der Waals surface area contributed by atoms with Crippen molar-refractivity contribution in [2.75, 3.05) is 10.9 Å². The molecule has 0 spiro atoms. The maximum atomic E-state index is 13.0. The first-order chi connectivity index (χ1) is 12.3. The molecule has 0 bridgehead atoms. The zero-order valence-corrected chi connectivity index (χ0v) is 15.6. The van der Waals surface area contributed by atoms with Crippen molar-refractivity contribution < 1.29 is 22.4 Å². The van der Waals surface area contributed by atoms with Gasteiger partial charge in [-0.1, -0.05) is 11.3 Å². The highest BCUT2D eigenvalue weighted by atomic mass is 32.2. The van der Waals surface area contributed by atoms with Crippen LogP contribution in [0, 0.1) is 0 Å². The topological polar surface area (TPSA) is 93.9 Å². The van der Waals surface area contributed by atoms with Gasteiger partial charge >= 0.3 is 4.94 Å². The van der Waals surface area contributed by atoms with Gasteiger partial charge in [0.05, 0.1) is 21.9 Å². The highest BCUT2D eigenvalue weighted by Gasteiger charge is 2.29. The average molecular weight is 393 g/mol. The molecule has 7 nitrogen and oxygen atoms in total. The molecule has 136 valence electrons. The van der Waals surface area contributed by atoms with Crippen LogP contribution in [-0.2, 0) is 14.8 Å². The Morgan fingerprint density at radius 2 is 1.88 bits per heavy atom. The maximum Gasteiger partial charge on any atom is 0.396 e. The lowest BCUT2D eigenvalue weighted by Gasteiger charge is -2.21. The van der Waals surface area contributed by atoms with Crippen LogP contribution >= 0.6 is 11.3 Å². The molecule has 1 heterocycles. The van der Waals surface area contributed by atoms with E-state index < -0.39 is 20.9 Å². The Bertz CT molecular complexity index is 1110. The molecule has 0 saturated heterocycles. The second kappa shape index (κ2) is 6.93. The zero-order chi connectivity index (χ0) is 18.9. The standard InChI is InChI=1S/C17H15NO6S2/c1-3-23-13-5-7-14(8-6-13)26(21,22)18(11(2)19)12-4-9-15-16(10-12)25-17(20)24-15/h4-10H,3H2,1-2H3. The first-order valence-corrected chi connectivity index (χ1v) is 9.91. The third-order valence-corrected chi connectivity index (χ3v) is 6.11. The van der Waals surface area contributed by atoms with E-state index in [9.17, 15) is 18.0 Å². The second-order valence-electron chi connectivity index (χ2n) is 5.28. The van der Waals surface area contributed by atoms with Crippen LogP contribution in [0.3, 0.4) is 0 Å². The molecule has 0 aliphatic carbocycles. The number of nitrogens with zero attached hydrogens (tertiary/aromatic N) is 1. The van der Waals surface area contributed by atoms with Crippen molar-refractivity contribution in [2.45, 2.75) is 18.7 Å². The van der Waals surface area contributed by atoms with E-state index in [1.807, 2.05) is 6.92 Å². The predicted octanol–water partition coefficient (Wildman–Crippen LogP) is 3.00. The monoisotopic (exact) mass is 393 g/mol. The summed E-state index contributed by atoms with van der Waals surface area (Å²) in [7, 11) is -4.12. The van der Waals surface area contributed by atoms with Gasteiger partial charge in [-0.2, -0.15) is 0 Å². The van der Waals surface area contributed by atoms with Crippen molar-refractivity contribution in [3.8, 4) is 5.75 Å². The molecule has 26 heavy (non-hydrogen) atoms. The first-order valence-electron chi connectivity index (χ1n) is 7.65. The molecule has 0 atom stereocenters. The number of hydrogen-bond donors (Lipinski definition) is 0. The fourth-order valence-corrected chi connectivity index (χ4v) is 4.58. The van der Waals surface area contributed by atoms with E-state index in [1.54, 1.807) is 0 Å². The van der Waals surface area contributed by atoms with Crippen molar-refractivity contribution in [3.05, 3.63) is 52.2 Å². The van der Waals surface area contributed by atoms with Crippen LogP contribution in [0.4, 0.5) is 5.69 Å². The van der Waals surface area contributed by atoms with Crippen molar-refractivity contribution in [1.29, 1.82) is 0 Å². The summed E-state index contributed by atoms with van der Waals surface area (Å²) in [6, 6.07) is 10.1. The summed E-state index contributed by atoms with van der Waals surface area (Å²) in [5, 5.41) is 0. The Morgan fingerprint density at radius 1 is 1.19 bits per heavy atom. The Morgan fingerprint density at radius 3 is 2.50 bits per heavy atom. The largest absolute Gasteiger partial charge is 0.494 e. The van der Waals surface area contributed by atoms with E-state index in [0.29, 0.717) is 26.9 Å². The number of anilines is 1. The summed E-state index contributed by atoms with van der Waals surface area (Å²) in [4.78, 5) is 22.9.